The Kier molecular flexibility index (Phi) is 4.20. The number of unbranched alkanes of at least 4 members (excludes halogenated alkanes) is 1. The molecule has 0 aromatic rings. The van der Waals surface area contributed by atoms with Gasteiger partial charge in [-0.15, -0.1) is 0 Å². The molecule has 0 saturated heterocycles. The Morgan fingerprint density at radius 1 is 1.46 bits per heavy atom. The molecule has 1 nitrogen and oxygen atoms in total. The number of hydrogen-bond acceptors (Lipinski definition) is 1. The average molecular weight is 180 g/mol. The molecular formula is C12H20O. The lowest BCUT2D eigenvalue weighted by molar-refractivity contribution is -0.114. The zero-order valence-corrected chi connectivity index (χ0v) is 8.81. The van der Waals surface area contributed by atoms with Gasteiger partial charge in [-0.1, -0.05) is 38.7 Å². The standard InChI is InChI=1S/C12H20O/c1-3-4-5-10(2)8-11-6-7-12(13)9-11/h9-10H,3-8H2,1-2H3. The molecule has 0 saturated carbocycles. The van der Waals surface area contributed by atoms with Crippen molar-refractivity contribution in [3.63, 3.8) is 0 Å². The fourth-order valence-corrected chi connectivity index (χ4v) is 1.92. The molecule has 13 heavy (non-hydrogen) atoms. The van der Waals surface area contributed by atoms with E-state index in [9.17, 15) is 4.79 Å². The third-order valence-electron chi connectivity index (χ3n) is 2.72. The second-order valence-electron chi connectivity index (χ2n) is 4.22. The van der Waals surface area contributed by atoms with Gasteiger partial charge in [-0.3, -0.25) is 4.79 Å². The van der Waals surface area contributed by atoms with Crippen molar-refractivity contribution in [3.8, 4) is 0 Å². The third kappa shape index (κ3) is 3.75. The van der Waals surface area contributed by atoms with Crippen molar-refractivity contribution in [1.29, 1.82) is 0 Å². The molecule has 1 heteroatoms. The molecule has 1 atom stereocenters. The Morgan fingerprint density at radius 3 is 2.77 bits per heavy atom. The Labute approximate surface area is 81.2 Å². The molecule has 0 aromatic carbocycles. The van der Waals surface area contributed by atoms with Gasteiger partial charge in [0.25, 0.3) is 0 Å². The summed E-state index contributed by atoms with van der Waals surface area (Å²) in [6, 6.07) is 0. The second kappa shape index (κ2) is 5.21. The SMILES string of the molecule is CCCCC(C)CC1=CC(=O)CC1. The number of carbonyl (C=O) groups excluding carboxylic acids is 1. The molecule has 0 fully saturated rings. The number of carbonyl (C=O) groups is 1. The van der Waals surface area contributed by atoms with Crippen LogP contribution in [-0.2, 0) is 4.79 Å². The van der Waals surface area contributed by atoms with Crippen molar-refractivity contribution >= 4 is 5.78 Å². The van der Waals surface area contributed by atoms with Crippen LogP contribution in [0.4, 0.5) is 0 Å². The van der Waals surface area contributed by atoms with Gasteiger partial charge in [-0.05, 0) is 24.8 Å². The topological polar surface area (TPSA) is 17.1 Å². The van der Waals surface area contributed by atoms with E-state index in [0.29, 0.717) is 5.78 Å². The zero-order valence-electron chi connectivity index (χ0n) is 8.81. The van der Waals surface area contributed by atoms with E-state index in [2.05, 4.69) is 13.8 Å². The fourth-order valence-electron chi connectivity index (χ4n) is 1.92. The van der Waals surface area contributed by atoms with Gasteiger partial charge in [0.05, 0.1) is 0 Å². The summed E-state index contributed by atoms with van der Waals surface area (Å²) in [7, 11) is 0. The van der Waals surface area contributed by atoms with E-state index >= 15 is 0 Å². The molecule has 0 heterocycles. The van der Waals surface area contributed by atoms with Crippen LogP contribution in [0.3, 0.4) is 0 Å². The minimum atomic E-state index is 0.331. The minimum absolute atomic E-state index is 0.331. The van der Waals surface area contributed by atoms with Crippen LogP contribution in [0, 0.1) is 5.92 Å². The predicted octanol–water partition coefficient (Wildman–Crippen LogP) is 3.49. The van der Waals surface area contributed by atoms with Gasteiger partial charge < -0.3 is 0 Å². The Balaban J connectivity index is 2.24. The molecule has 0 bridgehead atoms. The van der Waals surface area contributed by atoms with Crippen molar-refractivity contribution in [3.05, 3.63) is 11.6 Å². The average Bonchev–Trinajstić information content (AvgIpc) is 2.48. The lowest BCUT2D eigenvalue weighted by Gasteiger charge is -2.10. The number of allylic oxidation sites excluding steroid dienone is 2. The van der Waals surface area contributed by atoms with E-state index in [-0.39, 0.29) is 0 Å². The van der Waals surface area contributed by atoms with Gasteiger partial charge >= 0.3 is 0 Å². The smallest absolute Gasteiger partial charge is 0.155 e. The van der Waals surface area contributed by atoms with Gasteiger partial charge in [0, 0.05) is 6.42 Å². The van der Waals surface area contributed by atoms with Crippen LogP contribution in [0.25, 0.3) is 0 Å². The largest absolute Gasteiger partial charge is 0.295 e. The first-order valence-corrected chi connectivity index (χ1v) is 5.44. The van der Waals surface area contributed by atoms with Crippen LogP contribution in [0.5, 0.6) is 0 Å². The lowest BCUT2D eigenvalue weighted by atomic mass is 9.96. The zero-order chi connectivity index (χ0) is 9.68. The summed E-state index contributed by atoms with van der Waals surface area (Å²) in [4.78, 5) is 11.0. The number of rotatable bonds is 5. The van der Waals surface area contributed by atoms with Gasteiger partial charge in [0.1, 0.15) is 0 Å². The normalized spacial score (nSPS) is 18.9. The van der Waals surface area contributed by atoms with Crippen molar-refractivity contribution in [2.45, 2.75) is 52.4 Å². The minimum Gasteiger partial charge on any atom is -0.295 e. The van der Waals surface area contributed by atoms with Crippen molar-refractivity contribution in [2.75, 3.05) is 0 Å². The highest BCUT2D eigenvalue weighted by Gasteiger charge is 2.13. The summed E-state index contributed by atoms with van der Waals surface area (Å²) >= 11 is 0. The fraction of sp³-hybridized carbons (Fsp3) is 0.750. The predicted molar refractivity (Wildman–Crippen MR) is 55.6 cm³/mol. The highest BCUT2D eigenvalue weighted by Crippen LogP contribution is 2.24. The van der Waals surface area contributed by atoms with Crippen LogP contribution < -0.4 is 0 Å². The quantitative estimate of drug-likeness (QED) is 0.633. The summed E-state index contributed by atoms with van der Waals surface area (Å²) < 4.78 is 0. The summed E-state index contributed by atoms with van der Waals surface area (Å²) in [6.45, 7) is 4.52. The third-order valence-corrected chi connectivity index (χ3v) is 2.72. The van der Waals surface area contributed by atoms with E-state index in [1.165, 1.54) is 24.8 Å². The molecule has 0 radical (unpaired) electrons. The first kappa shape index (κ1) is 10.5. The molecule has 1 unspecified atom stereocenters. The van der Waals surface area contributed by atoms with Gasteiger partial charge in [0.2, 0.25) is 0 Å². The first-order chi connectivity index (χ1) is 6.22. The van der Waals surface area contributed by atoms with E-state index < -0.39 is 0 Å². The van der Waals surface area contributed by atoms with E-state index in [1.54, 1.807) is 0 Å². The van der Waals surface area contributed by atoms with Gasteiger partial charge in [0.15, 0.2) is 5.78 Å². The molecule has 1 aliphatic rings. The van der Waals surface area contributed by atoms with E-state index in [4.69, 9.17) is 0 Å². The molecule has 0 aromatic heterocycles. The van der Waals surface area contributed by atoms with Crippen molar-refractivity contribution in [2.24, 2.45) is 5.92 Å². The molecule has 74 valence electrons. The number of hydrogen-bond donors (Lipinski definition) is 0. The van der Waals surface area contributed by atoms with Crippen LogP contribution in [0.15, 0.2) is 11.6 Å². The van der Waals surface area contributed by atoms with Crippen molar-refractivity contribution < 1.29 is 4.79 Å². The van der Waals surface area contributed by atoms with Gasteiger partial charge in [-0.2, -0.15) is 0 Å². The lowest BCUT2D eigenvalue weighted by Crippen LogP contribution is -1.95. The molecule has 0 amide bonds. The monoisotopic (exact) mass is 180 g/mol. The molecule has 1 aliphatic carbocycles. The molecule has 1 rings (SSSR count). The van der Waals surface area contributed by atoms with Crippen LogP contribution in [0.1, 0.15) is 52.4 Å². The number of ketones is 1. The molecule has 0 aliphatic heterocycles. The molecule has 0 N–H and O–H groups in total. The second-order valence-corrected chi connectivity index (χ2v) is 4.22. The van der Waals surface area contributed by atoms with E-state index in [0.717, 1.165) is 25.2 Å². The highest BCUT2D eigenvalue weighted by molar-refractivity contribution is 5.92. The first-order valence-electron chi connectivity index (χ1n) is 5.44. The molecule has 0 spiro atoms. The van der Waals surface area contributed by atoms with Crippen LogP contribution >= 0.6 is 0 Å². The Hall–Kier alpha value is -0.590. The van der Waals surface area contributed by atoms with Crippen LogP contribution in [0.2, 0.25) is 0 Å². The Morgan fingerprint density at radius 2 is 2.23 bits per heavy atom. The summed E-state index contributed by atoms with van der Waals surface area (Å²) in [6.07, 6.45) is 8.70. The van der Waals surface area contributed by atoms with E-state index in [1.807, 2.05) is 6.08 Å². The molecular weight excluding hydrogens is 160 g/mol. The van der Waals surface area contributed by atoms with Gasteiger partial charge in [-0.25, -0.2) is 0 Å². The highest BCUT2D eigenvalue weighted by atomic mass is 16.1. The summed E-state index contributed by atoms with van der Waals surface area (Å²) in [5.41, 5.74) is 1.38. The summed E-state index contributed by atoms with van der Waals surface area (Å²) in [5, 5.41) is 0. The van der Waals surface area contributed by atoms with Crippen molar-refractivity contribution in [1.82, 2.24) is 0 Å². The Bertz CT molecular complexity index is 203. The van der Waals surface area contributed by atoms with Crippen LogP contribution in [-0.4, -0.2) is 5.78 Å². The maximum Gasteiger partial charge on any atom is 0.155 e. The maximum atomic E-state index is 11.0. The maximum absolute atomic E-state index is 11.0. The summed E-state index contributed by atoms with van der Waals surface area (Å²) in [5.74, 6) is 1.09.